The van der Waals surface area contributed by atoms with Gasteiger partial charge in [0.15, 0.2) is 5.96 Å². The average molecular weight is 519 g/mol. The normalized spacial score (nSPS) is 17.4. The zero-order valence-corrected chi connectivity index (χ0v) is 20.5. The Hall–Kier alpha value is -1.58. The summed E-state index contributed by atoms with van der Waals surface area (Å²) in [6.45, 7) is 10.6. The molecule has 1 amide bonds. The van der Waals surface area contributed by atoms with Gasteiger partial charge in [0.25, 0.3) is 0 Å². The van der Waals surface area contributed by atoms with Crippen LogP contribution in [-0.4, -0.2) is 51.1 Å². The number of nitrogens with zero attached hydrogens (tertiary/aromatic N) is 2. The molecule has 1 aliphatic heterocycles. The van der Waals surface area contributed by atoms with E-state index in [1.54, 1.807) is 13.1 Å². The predicted octanol–water partition coefficient (Wildman–Crippen LogP) is 3.05. The van der Waals surface area contributed by atoms with E-state index in [1.165, 1.54) is 6.07 Å². The number of halogens is 2. The smallest absolute Gasteiger partial charge is 0.227 e. The van der Waals surface area contributed by atoms with Crippen LogP contribution in [0.1, 0.15) is 39.2 Å². The minimum absolute atomic E-state index is 0. The molecule has 0 saturated carbocycles. The van der Waals surface area contributed by atoms with Gasteiger partial charge in [0.1, 0.15) is 5.82 Å². The second-order valence-corrected chi connectivity index (χ2v) is 8.03. The second kappa shape index (κ2) is 11.6. The van der Waals surface area contributed by atoms with Crippen LogP contribution in [0.25, 0.3) is 0 Å². The SMILES string of the molecule is CCNC(=O)C(C)(C)CNC(=NC)NC1CCCN(c2ccc(F)cc2C)C1.I. The number of nitrogens with one attached hydrogen (secondary N) is 3. The van der Waals surface area contributed by atoms with Crippen molar-refractivity contribution in [2.24, 2.45) is 10.4 Å². The summed E-state index contributed by atoms with van der Waals surface area (Å²) in [5, 5.41) is 9.62. The first-order valence-corrected chi connectivity index (χ1v) is 10.0. The first kappa shape index (κ1) is 25.5. The lowest BCUT2D eigenvalue weighted by Gasteiger charge is -2.36. The van der Waals surface area contributed by atoms with Crippen molar-refractivity contribution in [3.8, 4) is 0 Å². The van der Waals surface area contributed by atoms with E-state index in [0.29, 0.717) is 19.0 Å². The molecule has 0 aromatic heterocycles. The van der Waals surface area contributed by atoms with Crippen molar-refractivity contribution < 1.29 is 9.18 Å². The van der Waals surface area contributed by atoms with E-state index in [4.69, 9.17) is 0 Å². The third kappa shape index (κ3) is 7.31. The highest BCUT2D eigenvalue weighted by Gasteiger charge is 2.28. The quantitative estimate of drug-likeness (QED) is 0.307. The molecule has 29 heavy (non-hydrogen) atoms. The van der Waals surface area contributed by atoms with E-state index >= 15 is 0 Å². The van der Waals surface area contributed by atoms with E-state index in [-0.39, 0.29) is 41.7 Å². The Morgan fingerprint density at radius 3 is 2.69 bits per heavy atom. The lowest BCUT2D eigenvalue weighted by Crippen LogP contribution is -2.53. The minimum Gasteiger partial charge on any atom is -0.369 e. The molecule has 1 heterocycles. The van der Waals surface area contributed by atoms with Crippen LogP contribution in [0, 0.1) is 18.2 Å². The average Bonchev–Trinajstić information content (AvgIpc) is 2.65. The number of aliphatic imine (C=N–C) groups is 1. The molecule has 0 spiro atoms. The molecule has 0 radical (unpaired) electrons. The molecule has 1 saturated heterocycles. The number of benzene rings is 1. The summed E-state index contributed by atoms with van der Waals surface area (Å²) in [4.78, 5) is 18.8. The summed E-state index contributed by atoms with van der Waals surface area (Å²) in [7, 11) is 1.74. The standard InChI is InChI=1S/C21H34FN5O.HI/c1-6-24-19(28)21(3,4)14-25-20(23-5)26-17-8-7-11-27(13-17)18-10-9-16(22)12-15(18)2;/h9-10,12,17H,6-8,11,13-14H2,1-5H3,(H,24,28)(H2,23,25,26);1H. The van der Waals surface area contributed by atoms with Crippen LogP contribution in [0.3, 0.4) is 0 Å². The van der Waals surface area contributed by atoms with Crippen molar-refractivity contribution in [3.05, 3.63) is 29.6 Å². The van der Waals surface area contributed by atoms with Gasteiger partial charge in [-0.15, -0.1) is 24.0 Å². The molecular formula is C21H35FIN5O. The fourth-order valence-electron chi connectivity index (χ4n) is 3.46. The highest BCUT2D eigenvalue weighted by atomic mass is 127. The van der Waals surface area contributed by atoms with Crippen LogP contribution in [0.5, 0.6) is 0 Å². The third-order valence-electron chi connectivity index (χ3n) is 5.14. The molecule has 1 aromatic carbocycles. The van der Waals surface area contributed by atoms with Crippen molar-refractivity contribution in [2.45, 2.75) is 46.6 Å². The molecule has 0 aliphatic carbocycles. The molecule has 1 unspecified atom stereocenters. The van der Waals surface area contributed by atoms with Crippen molar-refractivity contribution in [1.82, 2.24) is 16.0 Å². The van der Waals surface area contributed by atoms with Crippen LogP contribution < -0.4 is 20.9 Å². The molecule has 0 bridgehead atoms. The third-order valence-corrected chi connectivity index (χ3v) is 5.14. The maximum Gasteiger partial charge on any atom is 0.227 e. The maximum absolute atomic E-state index is 13.4. The number of aryl methyl sites for hydroxylation is 1. The number of hydrogen-bond acceptors (Lipinski definition) is 3. The summed E-state index contributed by atoms with van der Waals surface area (Å²) in [6.07, 6.45) is 2.09. The van der Waals surface area contributed by atoms with Crippen LogP contribution in [0.2, 0.25) is 0 Å². The van der Waals surface area contributed by atoms with Crippen molar-refractivity contribution >= 4 is 41.5 Å². The molecule has 1 atom stereocenters. The number of carbonyl (C=O) groups is 1. The monoisotopic (exact) mass is 519 g/mol. The summed E-state index contributed by atoms with van der Waals surface area (Å²) >= 11 is 0. The molecule has 1 aliphatic rings. The van der Waals surface area contributed by atoms with E-state index in [0.717, 1.165) is 37.2 Å². The van der Waals surface area contributed by atoms with Crippen molar-refractivity contribution in [2.75, 3.05) is 38.1 Å². The zero-order chi connectivity index (χ0) is 20.7. The predicted molar refractivity (Wildman–Crippen MR) is 129 cm³/mol. The molecule has 3 N–H and O–H groups in total. The van der Waals surface area contributed by atoms with E-state index < -0.39 is 5.41 Å². The first-order chi connectivity index (χ1) is 13.3. The van der Waals surface area contributed by atoms with Crippen molar-refractivity contribution in [3.63, 3.8) is 0 Å². The Morgan fingerprint density at radius 2 is 2.07 bits per heavy atom. The summed E-state index contributed by atoms with van der Waals surface area (Å²) in [5.41, 5.74) is 1.50. The highest BCUT2D eigenvalue weighted by molar-refractivity contribution is 14.0. The van der Waals surface area contributed by atoms with Gasteiger partial charge in [-0.3, -0.25) is 9.79 Å². The van der Waals surface area contributed by atoms with Gasteiger partial charge in [0, 0.05) is 45.0 Å². The summed E-state index contributed by atoms with van der Waals surface area (Å²) in [6, 6.07) is 5.19. The Bertz CT molecular complexity index is 710. The zero-order valence-electron chi connectivity index (χ0n) is 18.1. The van der Waals surface area contributed by atoms with Gasteiger partial charge in [-0.05, 0) is 64.3 Å². The fraction of sp³-hybridized carbons (Fsp3) is 0.619. The first-order valence-electron chi connectivity index (χ1n) is 10.0. The minimum atomic E-state index is -0.530. The Labute approximate surface area is 191 Å². The van der Waals surface area contributed by atoms with Gasteiger partial charge in [0.2, 0.25) is 5.91 Å². The lowest BCUT2D eigenvalue weighted by atomic mass is 9.92. The summed E-state index contributed by atoms with van der Waals surface area (Å²) in [5.74, 6) is 0.515. The number of carbonyl (C=O) groups excluding carboxylic acids is 1. The van der Waals surface area contributed by atoms with Gasteiger partial charge in [0.05, 0.1) is 5.41 Å². The van der Waals surface area contributed by atoms with Gasteiger partial charge in [-0.25, -0.2) is 4.39 Å². The highest BCUT2D eigenvalue weighted by Crippen LogP contribution is 2.24. The van der Waals surface area contributed by atoms with Gasteiger partial charge in [-0.2, -0.15) is 0 Å². The Kier molecular flexibility index (Phi) is 10.2. The summed E-state index contributed by atoms with van der Waals surface area (Å²) < 4.78 is 13.4. The number of piperidine rings is 1. The molecule has 8 heteroatoms. The number of amides is 1. The number of guanidine groups is 1. The van der Waals surface area contributed by atoms with Crippen LogP contribution in [-0.2, 0) is 4.79 Å². The maximum atomic E-state index is 13.4. The molecule has 6 nitrogen and oxygen atoms in total. The number of rotatable bonds is 6. The van der Waals surface area contributed by atoms with E-state index in [2.05, 4.69) is 25.8 Å². The second-order valence-electron chi connectivity index (χ2n) is 8.03. The van der Waals surface area contributed by atoms with E-state index in [9.17, 15) is 9.18 Å². The van der Waals surface area contributed by atoms with Crippen LogP contribution in [0.15, 0.2) is 23.2 Å². The molecule has 164 valence electrons. The van der Waals surface area contributed by atoms with Crippen LogP contribution >= 0.6 is 24.0 Å². The van der Waals surface area contributed by atoms with Crippen LogP contribution in [0.4, 0.5) is 10.1 Å². The Balaban J connectivity index is 0.00000420. The molecule has 1 fully saturated rings. The lowest BCUT2D eigenvalue weighted by molar-refractivity contribution is -0.128. The van der Waals surface area contributed by atoms with Gasteiger partial charge >= 0.3 is 0 Å². The molecular weight excluding hydrogens is 484 g/mol. The number of anilines is 1. The molecule has 2 rings (SSSR count). The van der Waals surface area contributed by atoms with Gasteiger partial charge in [-0.1, -0.05) is 0 Å². The fourth-order valence-corrected chi connectivity index (χ4v) is 3.46. The van der Waals surface area contributed by atoms with Gasteiger partial charge < -0.3 is 20.9 Å². The van der Waals surface area contributed by atoms with Crippen molar-refractivity contribution in [1.29, 1.82) is 0 Å². The number of hydrogen-bond donors (Lipinski definition) is 3. The molecule has 1 aromatic rings. The largest absolute Gasteiger partial charge is 0.369 e. The topological polar surface area (TPSA) is 68.8 Å². The Morgan fingerprint density at radius 1 is 1.34 bits per heavy atom. The van der Waals surface area contributed by atoms with E-state index in [1.807, 2.05) is 33.8 Å².